The van der Waals surface area contributed by atoms with Crippen LogP contribution in [0.4, 0.5) is 10.3 Å². The number of nitrogens with zero attached hydrogens (tertiary/aromatic N) is 2. The van der Waals surface area contributed by atoms with Crippen LogP contribution in [0.5, 0.6) is 0 Å². The highest BCUT2D eigenvalue weighted by Crippen LogP contribution is 2.28. The van der Waals surface area contributed by atoms with Gasteiger partial charge in [0.1, 0.15) is 5.52 Å². The first kappa shape index (κ1) is 12.9. The second-order valence-electron chi connectivity index (χ2n) is 5.05. The van der Waals surface area contributed by atoms with Crippen LogP contribution in [-0.4, -0.2) is 9.55 Å². The van der Waals surface area contributed by atoms with Gasteiger partial charge in [0.15, 0.2) is 5.82 Å². The number of rotatable bonds is 4. The molecule has 18 heavy (non-hydrogen) atoms. The van der Waals surface area contributed by atoms with E-state index in [1.54, 1.807) is 6.07 Å². The molecule has 98 valence electrons. The highest BCUT2D eigenvalue weighted by Gasteiger charge is 2.17. The normalized spacial score (nSPS) is 14.9. The van der Waals surface area contributed by atoms with Crippen molar-refractivity contribution in [3.05, 3.63) is 24.0 Å². The maximum atomic E-state index is 13.6. The largest absolute Gasteiger partial charge is 0.369 e. The van der Waals surface area contributed by atoms with Crippen molar-refractivity contribution in [2.45, 2.75) is 39.7 Å². The lowest BCUT2D eigenvalue weighted by Crippen LogP contribution is -2.11. The molecule has 0 aliphatic carbocycles. The van der Waals surface area contributed by atoms with E-state index in [1.165, 1.54) is 6.07 Å². The number of halogens is 1. The quantitative estimate of drug-likeness (QED) is 0.896. The van der Waals surface area contributed by atoms with Gasteiger partial charge in [-0.3, -0.25) is 0 Å². The molecule has 2 atom stereocenters. The lowest BCUT2D eigenvalue weighted by Gasteiger charge is -2.19. The van der Waals surface area contributed by atoms with Crippen molar-refractivity contribution >= 4 is 17.0 Å². The van der Waals surface area contributed by atoms with Crippen molar-refractivity contribution in [3.63, 3.8) is 0 Å². The van der Waals surface area contributed by atoms with Crippen LogP contribution in [-0.2, 0) is 0 Å². The van der Waals surface area contributed by atoms with Crippen molar-refractivity contribution in [2.24, 2.45) is 5.92 Å². The van der Waals surface area contributed by atoms with Crippen LogP contribution in [0.15, 0.2) is 18.2 Å². The summed E-state index contributed by atoms with van der Waals surface area (Å²) in [5.41, 5.74) is 7.07. The predicted octanol–water partition coefficient (Wildman–Crippen LogP) is 3.75. The van der Waals surface area contributed by atoms with Crippen LogP contribution >= 0.6 is 0 Å². The van der Waals surface area contributed by atoms with Crippen molar-refractivity contribution in [2.75, 3.05) is 5.73 Å². The highest BCUT2D eigenvalue weighted by atomic mass is 19.1. The van der Waals surface area contributed by atoms with Gasteiger partial charge in [0.05, 0.1) is 5.52 Å². The van der Waals surface area contributed by atoms with Gasteiger partial charge in [-0.25, -0.2) is 9.37 Å². The lowest BCUT2D eigenvalue weighted by molar-refractivity contribution is 0.407. The molecular weight excluding hydrogens is 229 g/mol. The summed E-state index contributed by atoms with van der Waals surface area (Å²) in [4.78, 5) is 4.13. The summed E-state index contributed by atoms with van der Waals surface area (Å²) in [5.74, 6) is 0.699. The number of nitrogens with two attached hydrogens (primary N) is 1. The van der Waals surface area contributed by atoms with E-state index in [-0.39, 0.29) is 11.9 Å². The van der Waals surface area contributed by atoms with E-state index in [0.717, 1.165) is 18.4 Å². The summed E-state index contributed by atoms with van der Waals surface area (Å²) in [5, 5.41) is 0. The Balaban J connectivity index is 2.44. The molecule has 0 saturated carbocycles. The fourth-order valence-electron chi connectivity index (χ4n) is 2.42. The van der Waals surface area contributed by atoms with Gasteiger partial charge < -0.3 is 10.3 Å². The van der Waals surface area contributed by atoms with Gasteiger partial charge in [-0.2, -0.15) is 0 Å². The number of hydrogen-bond donors (Lipinski definition) is 1. The summed E-state index contributed by atoms with van der Waals surface area (Å²) in [6.07, 6.45) is 2.15. The maximum Gasteiger partial charge on any atom is 0.201 e. The Bertz CT molecular complexity index is 547. The number of nitrogen functional groups attached to an aromatic ring is 1. The van der Waals surface area contributed by atoms with Gasteiger partial charge in [0, 0.05) is 6.04 Å². The smallest absolute Gasteiger partial charge is 0.201 e. The van der Waals surface area contributed by atoms with Crippen molar-refractivity contribution in [1.82, 2.24) is 9.55 Å². The molecule has 2 aromatic rings. The van der Waals surface area contributed by atoms with Gasteiger partial charge in [0.2, 0.25) is 5.95 Å². The molecule has 0 fully saturated rings. The second-order valence-corrected chi connectivity index (χ2v) is 5.05. The summed E-state index contributed by atoms with van der Waals surface area (Å²) in [6, 6.07) is 5.21. The van der Waals surface area contributed by atoms with Gasteiger partial charge in [-0.05, 0) is 31.4 Å². The number of hydrogen-bond acceptors (Lipinski definition) is 2. The summed E-state index contributed by atoms with van der Waals surface area (Å²) in [7, 11) is 0. The molecule has 0 radical (unpaired) electrons. The van der Waals surface area contributed by atoms with Crippen molar-refractivity contribution < 1.29 is 4.39 Å². The minimum absolute atomic E-state index is 0.228. The minimum Gasteiger partial charge on any atom is -0.369 e. The zero-order chi connectivity index (χ0) is 13.3. The molecule has 4 heteroatoms. The molecule has 0 spiro atoms. The third kappa shape index (κ3) is 2.19. The summed E-state index contributed by atoms with van der Waals surface area (Å²) < 4.78 is 15.6. The molecule has 2 rings (SSSR count). The molecule has 0 aliphatic heterocycles. The van der Waals surface area contributed by atoms with E-state index in [0.29, 0.717) is 17.4 Å². The topological polar surface area (TPSA) is 43.8 Å². The van der Waals surface area contributed by atoms with Crippen LogP contribution in [0.25, 0.3) is 11.0 Å². The average Bonchev–Trinajstić information content (AvgIpc) is 2.67. The molecule has 1 heterocycles. The number of benzene rings is 1. The molecule has 1 aromatic heterocycles. The molecule has 2 N–H and O–H groups in total. The maximum absolute atomic E-state index is 13.6. The van der Waals surface area contributed by atoms with E-state index in [2.05, 4.69) is 25.8 Å². The van der Waals surface area contributed by atoms with E-state index in [1.807, 2.05) is 10.6 Å². The highest BCUT2D eigenvalue weighted by molar-refractivity contribution is 5.79. The first-order chi connectivity index (χ1) is 8.54. The number of para-hydroxylation sites is 1. The standard InChI is InChI=1S/C14H20FN3/c1-4-9(2)8-10(3)18-12-7-5-6-11(15)13(12)17-14(18)16/h5-7,9-10H,4,8H2,1-3H3,(H2,16,17). The predicted molar refractivity (Wildman–Crippen MR) is 72.9 cm³/mol. The number of anilines is 1. The molecule has 2 unspecified atom stereocenters. The lowest BCUT2D eigenvalue weighted by atomic mass is 10.00. The van der Waals surface area contributed by atoms with Crippen LogP contribution in [0.2, 0.25) is 0 Å². The van der Waals surface area contributed by atoms with Crippen LogP contribution in [0.3, 0.4) is 0 Å². The number of imidazole rings is 1. The van der Waals surface area contributed by atoms with Crippen molar-refractivity contribution in [1.29, 1.82) is 0 Å². The van der Waals surface area contributed by atoms with Gasteiger partial charge in [-0.1, -0.05) is 26.3 Å². The zero-order valence-electron chi connectivity index (χ0n) is 11.2. The minimum atomic E-state index is -0.311. The monoisotopic (exact) mass is 249 g/mol. The van der Waals surface area contributed by atoms with E-state index >= 15 is 0 Å². The fourth-order valence-corrected chi connectivity index (χ4v) is 2.42. The molecule has 1 aromatic carbocycles. The van der Waals surface area contributed by atoms with E-state index in [4.69, 9.17) is 5.73 Å². The Labute approximate surface area is 107 Å². The van der Waals surface area contributed by atoms with E-state index in [9.17, 15) is 4.39 Å². The first-order valence-electron chi connectivity index (χ1n) is 6.46. The first-order valence-corrected chi connectivity index (χ1v) is 6.46. The Hall–Kier alpha value is -1.58. The molecule has 3 nitrogen and oxygen atoms in total. The zero-order valence-corrected chi connectivity index (χ0v) is 11.2. The summed E-state index contributed by atoms with van der Waals surface area (Å²) in [6.45, 7) is 6.49. The third-order valence-electron chi connectivity index (χ3n) is 3.58. The van der Waals surface area contributed by atoms with Gasteiger partial charge in [-0.15, -0.1) is 0 Å². The summed E-state index contributed by atoms with van der Waals surface area (Å²) >= 11 is 0. The average molecular weight is 249 g/mol. The molecule has 0 bridgehead atoms. The van der Waals surface area contributed by atoms with Crippen LogP contribution in [0.1, 0.15) is 39.7 Å². The Morgan fingerprint density at radius 1 is 1.39 bits per heavy atom. The van der Waals surface area contributed by atoms with Gasteiger partial charge >= 0.3 is 0 Å². The van der Waals surface area contributed by atoms with Crippen LogP contribution in [0, 0.1) is 11.7 Å². The Kier molecular flexibility index (Phi) is 3.55. The molecular formula is C14H20FN3. The second kappa shape index (κ2) is 4.96. The van der Waals surface area contributed by atoms with Crippen LogP contribution < -0.4 is 5.73 Å². The Morgan fingerprint density at radius 2 is 2.11 bits per heavy atom. The van der Waals surface area contributed by atoms with E-state index < -0.39 is 0 Å². The molecule has 0 saturated heterocycles. The molecule has 0 amide bonds. The number of aromatic nitrogens is 2. The third-order valence-corrected chi connectivity index (χ3v) is 3.58. The van der Waals surface area contributed by atoms with Gasteiger partial charge in [0.25, 0.3) is 0 Å². The Morgan fingerprint density at radius 3 is 2.78 bits per heavy atom. The number of fused-ring (bicyclic) bond motifs is 1. The fraction of sp³-hybridized carbons (Fsp3) is 0.500. The SMILES string of the molecule is CCC(C)CC(C)n1c(N)nc2c(F)cccc21. The molecule has 0 aliphatic rings. The van der Waals surface area contributed by atoms with Crippen molar-refractivity contribution in [3.8, 4) is 0 Å².